The fourth-order valence-electron chi connectivity index (χ4n) is 1.35. The van der Waals surface area contributed by atoms with E-state index >= 15 is 0 Å². The maximum absolute atomic E-state index is 11.2. The number of benzene rings is 1. The summed E-state index contributed by atoms with van der Waals surface area (Å²) in [7, 11) is 0. The normalized spacial score (nSPS) is 14.6. The van der Waals surface area contributed by atoms with E-state index in [-0.39, 0.29) is 12.3 Å². The minimum atomic E-state index is -1.11. The fraction of sp³-hybridized carbons (Fsp3) is 0.364. The Bertz CT molecular complexity index is 395. The lowest BCUT2D eigenvalue weighted by molar-refractivity contribution is 0.0243. The molecule has 2 atom stereocenters. The van der Waals surface area contributed by atoms with Crippen molar-refractivity contribution in [3.05, 3.63) is 34.3 Å². The van der Waals surface area contributed by atoms with Crippen LogP contribution in [0.5, 0.6) is 0 Å². The Labute approximate surface area is 98.6 Å². The van der Waals surface area contributed by atoms with E-state index in [2.05, 4.69) is 0 Å². The van der Waals surface area contributed by atoms with Crippen LogP contribution in [0.3, 0.4) is 0 Å². The molecule has 2 unspecified atom stereocenters. The molecule has 0 saturated carbocycles. The first-order chi connectivity index (χ1) is 7.47. The van der Waals surface area contributed by atoms with Crippen LogP contribution < -0.4 is 5.73 Å². The zero-order chi connectivity index (χ0) is 12.3. The topological polar surface area (TPSA) is 83.5 Å². The van der Waals surface area contributed by atoms with Gasteiger partial charge < -0.3 is 15.9 Å². The van der Waals surface area contributed by atoms with Crippen LogP contribution in [0.4, 0.5) is 0 Å². The fourth-order valence-corrected chi connectivity index (χ4v) is 1.60. The summed E-state index contributed by atoms with van der Waals surface area (Å²) in [4.78, 5) is 11.2. The van der Waals surface area contributed by atoms with E-state index in [0.29, 0.717) is 16.1 Å². The van der Waals surface area contributed by atoms with Crippen LogP contribution >= 0.6 is 11.6 Å². The summed E-state index contributed by atoms with van der Waals surface area (Å²) in [6.45, 7) is 1.33. The third-order valence-electron chi connectivity index (χ3n) is 2.32. The number of ketones is 1. The maximum atomic E-state index is 11.2. The molecular weight excluding hydrogens is 230 g/mol. The second-order valence-electron chi connectivity index (χ2n) is 3.54. The molecule has 0 spiro atoms. The van der Waals surface area contributed by atoms with Crippen LogP contribution in [0, 0.1) is 0 Å². The molecular formula is C11H14ClNO3. The highest BCUT2D eigenvalue weighted by Gasteiger charge is 2.18. The highest BCUT2D eigenvalue weighted by Crippen LogP contribution is 2.23. The number of hydrogen-bond donors (Lipinski definition) is 3. The molecule has 0 aliphatic heterocycles. The Balaban J connectivity index is 3.07. The average Bonchev–Trinajstić information content (AvgIpc) is 2.27. The van der Waals surface area contributed by atoms with Crippen molar-refractivity contribution in [2.75, 3.05) is 6.54 Å². The lowest BCUT2D eigenvalue weighted by atomic mass is 10.0. The molecule has 0 saturated heterocycles. The van der Waals surface area contributed by atoms with Crippen molar-refractivity contribution in [1.29, 1.82) is 0 Å². The molecule has 0 fully saturated rings. The Kier molecular flexibility index (Phi) is 4.44. The molecule has 0 aliphatic rings. The van der Waals surface area contributed by atoms with Crippen molar-refractivity contribution in [2.45, 2.75) is 19.1 Å². The molecule has 0 aliphatic carbocycles. The molecule has 1 aromatic carbocycles. The third kappa shape index (κ3) is 2.80. The summed E-state index contributed by atoms with van der Waals surface area (Å²) < 4.78 is 0. The van der Waals surface area contributed by atoms with Crippen molar-refractivity contribution in [2.24, 2.45) is 5.73 Å². The van der Waals surface area contributed by atoms with Gasteiger partial charge in [-0.2, -0.15) is 0 Å². The Hall–Kier alpha value is -0.940. The van der Waals surface area contributed by atoms with E-state index in [4.69, 9.17) is 17.3 Å². The van der Waals surface area contributed by atoms with Gasteiger partial charge in [0, 0.05) is 12.1 Å². The van der Waals surface area contributed by atoms with Crippen molar-refractivity contribution >= 4 is 17.4 Å². The summed E-state index contributed by atoms with van der Waals surface area (Å²) in [6.07, 6.45) is -2.17. The molecule has 1 rings (SSSR count). The van der Waals surface area contributed by atoms with E-state index in [1.165, 1.54) is 19.1 Å². The lowest BCUT2D eigenvalue weighted by Gasteiger charge is -2.17. The van der Waals surface area contributed by atoms with Crippen LogP contribution in [0.2, 0.25) is 5.02 Å². The van der Waals surface area contributed by atoms with Gasteiger partial charge >= 0.3 is 0 Å². The Morgan fingerprint density at radius 2 is 2.12 bits per heavy atom. The highest BCUT2D eigenvalue weighted by atomic mass is 35.5. The number of Topliss-reactive ketones (excluding diaryl/α,β-unsaturated/α-hetero) is 1. The average molecular weight is 244 g/mol. The van der Waals surface area contributed by atoms with Gasteiger partial charge in [0.2, 0.25) is 0 Å². The summed E-state index contributed by atoms with van der Waals surface area (Å²) >= 11 is 5.82. The van der Waals surface area contributed by atoms with Crippen LogP contribution in [0.15, 0.2) is 18.2 Å². The summed E-state index contributed by atoms with van der Waals surface area (Å²) in [5, 5.41) is 19.4. The van der Waals surface area contributed by atoms with Gasteiger partial charge in [-0.05, 0) is 24.6 Å². The second-order valence-corrected chi connectivity index (χ2v) is 3.95. The van der Waals surface area contributed by atoms with E-state index in [1.54, 1.807) is 6.07 Å². The van der Waals surface area contributed by atoms with Gasteiger partial charge in [-0.25, -0.2) is 0 Å². The van der Waals surface area contributed by atoms with Gasteiger partial charge in [-0.3, -0.25) is 4.79 Å². The Morgan fingerprint density at radius 1 is 1.50 bits per heavy atom. The molecule has 0 aromatic heterocycles. The van der Waals surface area contributed by atoms with Crippen LogP contribution in [-0.2, 0) is 0 Å². The van der Waals surface area contributed by atoms with E-state index < -0.39 is 12.2 Å². The Morgan fingerprint density at radius 3 is 2.62 bits per heavy atom. The number of hydrogen-bond acceptors (Lipinski definition) is 4. The van der Waals surface area contributed by atoms with Gasteiger partial charge in [0.25, 0.3) is 0 Å². The number of rotatable bonds is 4. The summed E-state index contributed by atoms with van der Waals surface area (Å²) in [5.74, 6) is -0.193. The summed E-state index contributed by atoms with van der Waals surface area (Å²) in [5.41, 5.74) is 5.98. The zero-order valence-corrected chi connectivity index (χ0v) is 9.61. The SMILES string of the molecule is CC(=O)c1cc(C(O)C(O)CN)ccc1Cl. The van der Waals surface area contributed by atoms with Crippen molar-refractivity contribution in [3.63, 3.8) is 0 Å². The van der Waals surface area contributed by atoms with Gasteiger partial charge in [0.15, 0.2) is 5.78 Å². The molecule has 4 nitrogen and oxygen atoms in total. The molecule has 4 N–H and O–H groups in total. The molecule has 1 aromatic rings. The minimum absolute atomic E-state index is 0.0564. The van der Waals surface area contributed by atoms with Crippen molar-refractivity contribution in [1.82, 2.24) is 0 Å². The number of aliphatic hydroxyl groups excluding tert-OH is 2. The number of nitrogens with two attached hydrogens (primary N) is 1. The number of aliphatic hydroxyl groups is 2. The summed E-state index contributed by atoms with van der Waals surface area (Å²) in [6, 6.07) is 4.53. The van der Waals surface area contributed by atoms with E-state index in [9.17, 15) is 15.0 Å². The zero-order valence-electron chi connectivity index (χ0n) is 8.85. The first kappa shape index (κ1) is 13.1. The molecule has 0 heterocycles. The maximum Gasteiger partial charge on any atom is 0.161 e. The predicted molar refractivity (Wildman–Crippen MR) is 61.5 cm³/mol. The first-order valence-electron chi connectivity index (χ1n) is 4.84. The second kappa shape index (κ2) is 5.41. The predicted octanol–water partition coefficient (Wildman–Crippen LogP) is 0.896. The highest BCUT2D eigenvalue weighted by molar-refractivity contribution is 6.33. The van der Waals surface area contributed by atoms with Gasteiger partial charge in [-0.1, -0.05) is 17.7 Å². The quantitative estimate of drug-likeness (QED) is 0.686. The monoisotopic (exact) mass is 243 g/mol. The van der Waals surface area contributed by atoms with Crippen molar-refractivity contribution in [3.8, 4) is 0 Å². The largest absolute Gasteiger partial charge is 0.389 e. The van der Waals surface area contributed by atoms with Gasteiger partial charge in [-0.15, -0.1) is 0 Å². The van der Waals surface area contributed by atoms with Crippen LogP contribution in [-0.4, -0.2) is 28.6 Å². The molecule has 5 heteroatoms. The molecule has 0 radical (unpaired) electrons. The molecule has 88 valence electrons. The van der Waals surface area contributed by atoms with Crippen LogP contribution in [0.1, 0.15) is 28.9 Å². The van der Waals surface area contributed by atoms with Gasteiger partial charge in [0.05, 0.1) is 11.1 Å². The molecule has 0 bridgehead atoms. The van der Waals surface area contributed by atoms with Crippen LogP contribution in [0.25, 0.3) is 0 Å². The minimum Gasteiger partial charge on any atom is -0.389 e. The number of halogens is 1. The number of carbonyl (C=O) groups excluding carboxylic acids is 1. The standard InChI is InChI=1S/C11H14ClNO3/c1-6(14)8-4-7(2-3-9(8)12)11(16)10(15)5-13/h2-4,10-11,15-16H,5,13H2,1H3. The smallest absolute Gasteiger partial charge is 0.161 e. The lowest BCUT2D eigenvalue weighted by Crippen LogP contribution is -2.27. The molecule has 16 heavy (non-hydrogen) atoms. The van der Waals surface area contributed by atoms with Crippen molar-refractivity contribution < 1.29 is 15.0 Å². The molecule has 0 amide bonds. The number of carbonyl (C=O) groups is 1. The first-order valence-corrected chi connectivity index (χ1v) is 5.21. The van der Waals surface area contributed by atoms with E-state index in [1.807, 2.05) is 0 Å². The van der Waals surface area contributed by atoms with E-state index in [0.717, 1.165) is 0 Å². The third-order valence-corrected chi connectivity index (χ3v) is 2.65. The van der Waals surface area contributed by atoms with Gasteiger partial charge in [0.1, 0.15) is 6.10 Å².